The summed E-state index contributed by atoms with van der Waals surface area (Å²) in [5, 5.41) is 8.45. The van der Waals surface area contributed by atoms with Gasteiger partial charge < -0.3 is 28.9 Å². The molecule has 3 heterocycles. The normalized spacial score (nSPS) is 17.0. The lowest BCUT2D eigenvalue weighted by atomic mass is 10.2. The van der Waals surface area contributed by atoms with Crippen molar-refractivity contribution in [3.05, 3.63) is 36.5 Å². The van der Waals surface area contributed by atoms with E-state index < -0.39 is 0 Å². The van der Waals surface area contributed by atoms with Crippen LogP contribution in [-0.2, 0) is 9.53 Å². The number of amides is 1. The minimum atomic E-state index is -0.0255. The fraction of sp³-hybridized carbons (Fsp3) is 0.476. The van der Waals surface area contributed by atoms with Gasteiger partial charge in [-0.2, -0.15) is 5.10 Å². The number of ether oxygens (including phenoxy) is 3. The Balaban J connectivity index is 1.30. The molecule has 2 fully saturated rings. The maximum absolute atomic E-state index is 12.6. The number of carbonyl (C=O) groups is 1. The van der Waals surface area contributed by atoms with Gasteiger partial charge in [0.2, 0.25) is 0 Å². The third-order valence-electron chi connectivity index (χ3n) is 5.38. The lowest BCUT2D eigenvalue weighted by Gasteiger charge is -2.36. The minimum absolute atomic E-state index is 0.00162. The summed E-state index contributed by atoms with van der Waals surface area (Å²) in [4.78, 5) is 18.8. The van der Waals surface area contributed by atoms with Gasteiger partial charge in [-0.25, -0.2) is 0 Å². The first-order chi connectivity index (χ1) is 14.7. The lowest BCUT2D eigenvalue weighted by molar-refractivity contribution is -0.133. The van der Waals surface area contributed by atoms with E-state index in [1.807, 2.05) is 23.1 Å². The molecule has 0 atom stereocenters. The van der Waals surface area contributed by atoms with E-state index in [0.717, 1.165) is 37.7 Å². The molecule has 160 valence electrons. The number of nitrogens with zero attached hydrogens (tertiary/aromatic N) is 5. The van der Waals surface area contributed by atoms with E-state index in [0.29, 0.717) is 37.8 Å². The summed E-state index contributed by atoms with van der Waals surface area (Å²) in [5.41, 5.74) is 1.03. The highest BCUT2D eigenvalue weighted by Crippen LogP contribution is 2.26. The van der Waals surface area contributed by atoms with Crippen molar-refractivity contribution in [1.29, 1.82) is 0 Å². The van der Waals surface area contributed by atoms with Crippen molar-refractivity contribution in [2.24, 2.45) is 0 Å². The molecular formula is C21H27N5O4. The number of hydrogen-bond acceptors (Lipinski definition) is 8. The minimum Gasteiger partial charge on any atom is -0.493 e. The molecule has 0 saturated carbocycles. The number of methoxy groups -OCH3 is 1. The van der Waals surface area contributed by atoms with Crippen LogP contribution in [0.5, 0.6) is 11.5 Å². The van der Waals surface area contributed by atoms with Gasteiger partial charge in [-0.1, -0.05) is 12.1 Å². The Bertz CT molecular complexity index is 851. The van der Waals surface area contributed by atoms with Gasteiger partial charge in [0.15, 0.2) is 23.9 Å². The Labute approximate surface area is 176 Å². The van der Waals surface area contributed by atoms with E-state index in [2.05, 4.69) is 26.1 Å². The number of hydrogen-bond donors (Lipinski definition) is 0. The van der Waals surface area contributed by atoms with E-state index in [-0.39, 0.29) is 12.5 Å². The van der Waals surface area contributed by atoms with E-state index >= 15 is 0 Å². The zero-order valence-corrected chi connectivity index (χ0v) is 17.2. The molecule has 0 bridgehead atoms. The number of morpholine rings is 1. The lowest BCUT2D eigenvalue weighted by Crippen LogP contribution is -2.50. The molecule has 0 unspecified atom stereocenters. The van der Waals surface area contributed by atoms with Crippen molar-refractivity contribution < 1.29 is 19.0 Å². The molecule has 1 aromatic heterocycles. The zero-order chi connectivity index (χ0) is 20.8. The Morgan fingerprint density at radius 3 is 2.50 bits per heavy atom. The first kappa shape index (κ1) is 20.2. The molecule has 0 N–H and O–H groups in total. The van der Waals surface area contributed by atoms with Gasteiger partial charge in [-0.3, -0.25) is 4.79 Å². The molecule has 9 heteroatoms. The number of aromatic nitrogens is 2. The molecule has 30 heavy (non-hydrogen) atoms. The van der Waals surface area contributed by atoms with Crippen molar-refractivity contribution in [2.45, 2.75) is 0 Å². The van der Waals surface area contributed by atoms with Gasteiger partial charge in [-0.05, 0) is 12.1 Å². The summed E-state index contributed by atoms with van der Waals surface area (Å²) in [7, 11) is 1.58. The molecule has 2 aliphatic heterocycles. The molecular weight excluding hydrogens is 386 g/mol. The van der Waals surface area contributed by atoms with Crippen molar-refractivity contribution in [3.8, 4) is 11.5 Å². The number of benzene rings is 1. The fourth-order valence-electron chi connectivity index (χ4n) is 3.65. The molecule has 2 aromatic rings. The quantitative estimate of drug-likeness (QED) is 0.695. The van der Waals surface area contributed by atoms with Gasteiger partial charge in [0.1, 0.15) is 0 Å². The van der Waals surface area contributed by atoms with Crippen LogP contribution in [-0.4, -0.2) is 87.2 Å². The van der Waals surface area contributed by atoms with E-state index in [4.69, 9.17) is 14.2 Å². The topological polar surface area (TPSA) is 80.3 Å². The van der Waals surface area contributed by atoms with Crippen LogP contribution in [0.2, 0.25) is 0 Å². The zero-order valence-electron chi connectivity index (χ0n) is 17.2. The second kappa shape index (κ2) is 9.62. The molecule has 2 saturated heterocycles. The Kier molecular flexibility index (Phi) is 6.48. The Hall–Kier alpha value is -3.07. The molecule has 0 radical (unpaired) electrons. The van der Waals surface area contributed by atoms with E-state index in [1.165, 1.54) is 0 Å². The molecule has 1 amide bonds. The number of piperazine rings is 1. The number of anilines is 2. The SMILES string of the molecule is COc1ccccc1OCC(=O)N1CCN(c2cnnc(N3CCOCC3)c2)CC1. The summed E-state index contributed by atoms with van der Waals surface area (Å²) in [6.45, 7) is 5.85. The number of carbonyl (C=O) groups excluding carboxylic acids is 1. The van der Waals surface area contributed by atoms with Crippen molar-refractivity contribution in [1.82, 2.24) is 15.1 Å². The molecule has 4 rings (SSSR count). The van der Waals surface area contributed by atoms with Crippen LogP contribution in [0.4, 0.5) is 11.5 Å². The average Bonchev–Trinajstić information content (AvgIpc) is 2.83. The highest BCUT2D eigenvalue weighted by molar-refractivity contribution is 5.78. The monoisotopic (exact) mass is 413 g/mol. The maximum Gasteiger partial charge on any atom is 0.260 e. The third-order valence-corrected chi connectivity index (χ3v) is 5.38. The van der Waals surface area contributed by atoms with Crippen LogP contribution >= 0.6 is 0 Å². The first-order valence-electron chi connectivity index (χ1n) is 10.2. The maximum atomic E-state index is 12.6. The van der Waals surface area contributed by atoms with Gasteiger partial charge in [0.05, 0.1) is 32.2 Å². The predicted molar refractivity (Wildman–Crippen MR) is 112 cm³/mol. The van der Waals surface area contributed by atoms with Crippen molar-refractivity contribution in [2.75, 3.05) is 76.0 Å². The smallest absolute Gasteiger partial charge is 0.260 e. The highest BCUT2D eigenvalue weighted by atomic mass is 16.5. The summed E-state index contributed by atoms with van der Waals surface area (Å²) >= 11 is 0. The van der Waals surface area contributed by atoms with Gasteiger partial charge >= 0.3 is 0 Å². The van der Waals surface area contributed by atoms with E-state index in [1.54, 1.807) is 19.4 Å². The third kappa shape index (κ3) is 4.73. The summed E-state index contributed by atoms with van der Waals surface area (Å²) in [6.07, 6.45) is 1.78. The molecule has 2 aliphatic rings. The summed E-state index contributed by atoms with van der Waals surface area (Å²) in [6, 6.07) is 9.40. The van der Waals surface area contributed by atoms with Gasteiger partial charge in [0, 0.05) is 45.3 Å². The molecule has 9 nitrogen and oxygen atoms in total. The van der Waals surface area contributed by atoms with Gasteiger partial charge in [-0.15, -0.1) is 5.10 Å². The average molecular weight is 413 g/mol. The first-order valence-corrected chi connectivity index (χ1v) is 10.2. The number of rotatable bonds is 6. The predicted octanol–water partition coefficient (Wildman–Crippen LogP) is 1.05. The summed E-state index contributed by atoms with van der Waals surface area (Å²) in [5.74, 6) is 2.05. The Morgan fingerprint density at radius 2 is 1.77 bits per heavy atom. The van der Waals surface area contributed by atoms with Crippen LogP contribution in [0.25, 0.3) is 0 Å². The largest absolute Gasteiger partial charge is 0.493 e. The standard InChI is InChI=1S/C21H27N5O4/c1-28-18-4-2-3-5-19(18)30-16-21(27)26-8-6-24(7-9-26)17-14-20(23-22-15-17)25-10-12-29-13-11-25/h2-5,14-15H,6-13,16H2,1H3. The second-order valence-electron chi connectivity index (χ2n) is 7.18. The second-order valence-corrected chi connectivity index (χ2v) is 7.18. The van der Waals surface area contributed by atoms with Crippen LogP contribution in [0.15, 0.2) is 36.5 Å². The van der Waals surface area contributed by atoms with Crippen LogP contribution in [0, 0.1) is 0 Å². The number of para-hydroxylation sites is 2. The molecule has 0 spiro atoms. The van der Waals surface area contributed by atoms with E-state index in [9.17, 15) is 4.79 Å². The molecule has 1 aromatic carbocycles. The van der Waals surface area contributed by atoms with Crippen LogP contribution in [0.1, 0.15) is 0 Å². The fourth-order valence-corrected chi connectivity index (χ4v) is 3.65. The van der Waals surface area contributed by atoms with Crippen LogP contribution < -0.4 is 19.3 Å². The Morgan fingerprint density at radius 1 is 1.03 bits per heavy atom. The van der Waals surface area contributed by atoms with Crippen molar-refractivity contribution in [3.63, 3.8) is 0 Å². The van der Waals surface area contributed by atoms with Crippen molar-refractivity contribution >= 4 is 17.4 Å². The highest BCUT2D eigenvalue weighted by Gasteiger charge is 2.23. The van der Waals surface area contributed by atoms with Crippen LogP contribution in [0.3, 0.4) is 0 Å². The molecule has 0 aliphatic carbocycles. The summed E-state index contributed by atoms with van der Waals surface area (Å²) < 4.78 is 16.3. The van der Waals surface area contributed by atoms with Gasteiger partial charge in [0.25, 0.3) is 5.91 Å².